The highest BCUT2D eigenvalue weighted by Crippen LogP contribution is 2.40. The van der Waals surface area contributed by atoms with Gasteiger partial charge in [0, 0.05) is 50.7 Å². The summed E-state index contributed by atoms with van der Waals surface area (Å²) < 4.78 is 2.03. The molecule has 7 heteroatoms. The lowest BCUT2D eigenvalue weighted by Crippen LogP contribution is -2.46. The highest BCUT2D eigenvalue weighted by molar-refractivity contribution is 7.80. The van der Waals surface area contributed by atoms with Gasteiger partial charge in [-0.15, -0.1) is 0 Å². The van der Waals surface area contributed by atoms with E-state index in [0.717, 1.165) is 93.3 Å². The molecule has 0 atom stereocenters. The van der Waals surface area contributed by atoms with Crippen molar-refractivity contribution in [1.82, 2.24) is 24.6 Å². The quantitative estimate of drug-likeness (QED) is 0.495. The molecule has 1 aromatic heterocycles. The standard InChI is InChI=1S/C26H39N5OS/c1-4-29(5-2)15-8-14-27-25(33)31-18-13-26(20-31)11-16-30(17-12-26)24(32)23-19-21-9-6-7-10-22(21)28(23)3/h6-7,9-10,19H,4-5,8,11-18,20H2,1-3H3,(H,27,33). The monoisotopic (exact) mass is 469 g/mol. The maximum Gasteiger partial charge on any atom is 0.270 e. The molecule has 0 radical (unpaired) electrons. The van der Waals surface area contributed by atoms with Gasteiger partial charge in [-0.25, -0.2) is 0 Å². The largest absolute Gasteiger partial charge is 0.363 e. The average molecular weight is 470 g/mol. The zero-order valence-electron chi connectivity index (χ0n) is 20.5. The third kappa shape index (κ3) is 5.19. The Morgan fingerprint density at radius 3 is 2.42 bits per heavy atom. The number of aromatic nitrogens is 1. The molecule has 4 rings (SSSR count). The molecule has 0 bridgehead atoms. The maximum atomic E-state index is 13.3. The predicted molar refractivity (Wildman–Crippen MR) is 140 cm³/mol. The van der Waals surface area contributed by atoms with Gasteiger partial charge in [-0.05, 0) is 75.1 Å². The van der Waals surface area contributed by atoms with Crippen LogP contribution in [0.2, 0.25) is 0 Å². The van der Waals surface area contributed by atoms with Crippen molar-refractivity contribution in [2.75, 3.05) is 52.4 Å². The molecular weight excluding hydrogens is 430 g/mol. The van der Waals surface area contributed by atoms with E-state index in [-0.39, 0.29) is 5.91 Å². The summed E-state index contributed by atoms with van der Waals surface area (Å²) in [6.07, 6.45) is 4.41. The van der Waals surface area contributed by atoms with Gasteiger partial charge in [-0.3, -0.25) is 4.79 Å². The van der Waals surface area contributed by atoms with Crippen LogP contribution in [0.5, 0.6) is 0 Å². The summed E-state index contributed by atoms with van der Waals surface area (Å²) in [4.78, 5) is 20.1. The Hall–Kier alpha value is -2.12. The molecule has 2 saturated heterocycles. The number of amides is 1. The van der Waals surface area contributed by atoms with Gasteiger partial charge in [0.05, 0.1) is 0 Å². The van der Waals surface area contributed by atoms with Crippen LogP contribution < -0.4 is 5.32 Å². The van der Waals surface area contributed by atoms with Crippen LogP contribution in [0.3, 0.4) is 0 Å². The van der Waals surface area contributed by atoms with Crippen LogP contribution in [0, 0.1) is 5.41 Å². The molecule has 1 amide bonds. The Kier molecular flexibility index (Phi) is 7.59. The number of rotatable bonds is 7. The van der Waals surface area contributed by atoms with Crippen LogP contribution in [-0.2, 0) is 7.05 Å². The van der Waals surface area contributed by atoms with E-state index in [1.807, 2.05) is 34.7 Å². The first kappa shape index (κ1) is 24.0. The van der Waals surface area contributed by atoms with Gasteiger partial charge in [0.25, 0.3) is 5.91 Å². The molecule has 1 N–H and O–H groups in total. The van der Waals surface area contributed by atoms with Crippen LogP contribution >= 0.6 is 12.2 Å². The molecule has 1 aromatic carbocycles. The van der Waals surface area contributed by atoms with E-state index in [9.17, 15) is 4.79 Å². The summed E-state index contributed by atoms with van der Waals surface area (Å²) in [5.41, 5.74) is 2.19. The molecule has 2 aliphatic heterocycles. The Balaban J connectivity index is 1.26. The Morgan fingerprint density at radius 2 is 1.76 bits per heavy atom. The maximum absolute atomic E-state index is 13.3. The molecular formula is C26H39N5OS. The molecule has 6 nitrogen and oxygen atoms in total. The minimum Gasteiger partial charge on any atom is -0.363 e. The summed E-state index contributed by atoms with van der Waals surface area (Å²) >= 11 is 5.71. The molecule has 0 unspecified atom stereocenters. The second-order valence-electron chi connectivity index (χ2n) is 9.72. The predicted octanol–water partition coefficient (Wildman–Crippen LogP) is 3.71. The summed E-state index contributed by atoms with van der Waals surface area (Å²) in [7, 11) is 1.99. The fourth-order valence-electron chi connectivity index (χ4n) is 5.51. The number of nitrogens with one attached hydrogen (secondary N) is 1. The number of piperidine rings is 1. The minimum atomic E-state index is 0.156. The number of hydrogen-bond donors (Lipinski definition) is 1. The second-order valence-corrected chi connectivity index (χ2v) is 10.1. The topological polar surface area (TPSA) is 43.8 Å². The number of likely N-dealkylation sites (tertiary alicyclic amines) is 2. The number of aryl methyl sites for hydroxylation is 1. The van der Waals surface area contributed by atoms with Gasteiger partial charge in [0.2, 0.25) is 0 Å². The average Bonchev–Trinajstić information content (AvgIpc) is 3.41. The molecule has 2 fully saturated rings. The van der Waals surface area contributed by atoms with Crippen molar-refractivity contribution < 1.29 is 4.79 Å². The zero-order valence-corrected chi connectivity index (χ0v) is 21.3. The Morgan fingerprint density at radius 1 is 1.09 bits per heavy atom. The van der Waals surface area contributed by atoms with Gasteiger partial charge in [-0.2, -0.15) is 0 Å². The van der Waals surface area contributed by atoms with Crippen LogP contribution in [0.25, 0.3) is 10.9 Å². The van der Waals surface area contributed by atoms with E-state index in [1.165, 1.54) is 6.42 Å². The van der Waals surface area contributed by atoms with Gasteiger partial charge < -0.3 is 24.6 Å². The number of thiocarbonyl (C=S) groups is 1. The van der Waals surface area contributed by atoms with Crippen molar-refractivity contribution in [3.8, 4) is 0 Å². The molecule has 0 aliphatic carbocycles. The van der Waals surface area contributed by atoms with Crippen molar-refractivity contribution in [3.05, 3.63) is 36.0 Å². The fraction of sp³-hybridized carbons (Fsp3) is 0.615. The van der Waals surface area contributed by atoms with Crippen molar-refractivity contribution in [2.24, 2.45) is 12.5 Å². The molecule has 33 heavy (non-hydrogen) atoms. The molecule has 2 aliphatic rings. The number of nitrogens with zero attached hydrogens (tertiary/aromatic N) is 4. The third-order valence-corrected chi connectivity index (χ3v) is 8.23. The second kappa shape index (κ2) is 10.4. The zero-order chi connectivity index (χ0) is 23.4. The number of hydrogen-bond acceptors (Lipinski definition) is 3. The van der Waals surface area contributed by atoms with Crippen LogP contribution in [0.15, 0.2) is 30.3 Å². The van der Waals surface area contributed by atoms with Crippen LogP contribution in [0.4, 0.5) is 0 Å². The van der Waals surface area contributed by atoms with Crippen molar-refractivity contribution in [1.29, 1.82) is 0 Å². The molecule has 2 aromatic rings. The van der Waals surface area contributed by atoms with Crippen molar-refractivity contribution in [3.63, 3.8) is 0 Å². The molecule has 180 valence electrons. The van der Waals surface area contributed by atoms with Crippen molar-refractivity contribution >= 4 is 34.1 Å². The Bertz CT molecular complexity index is 974. The highest BCUT2D eigenvalue weighted by Gasteiger charge is 2.42. The van der Waals surface area contributed by atoms with E-state index in [4.69, 9.17) is 12.2 Å². The van der Waals surface area contributed by atoms with E-state index in [2.05, 4.69) is 41.1 Å². The van der Waals surface area contributed by atoms with E-state index in [0.29, 0.717) is 5.41 Å². The van der Waals surface area contributed by atoms with Gasteiger partial charge in [0.1, 0.15) is 5.69 Å². The lowest BCUT2D eigenvalue weighted by atomic mass is 9.77. The van der Waals surface area contributed by atoms with Crippen molar-refractivity contribution in [2.45, 2.75) is 39.5 Å². The first-order valence-electron chi connectivity index (χ1n) is 12.6. The summed E-state index contributed by atoms with van der Waals surface area (Å²) in [5.74, 6) is 0.156. The first-order valence-corrected chi connectivity index (χ1v) is 13.0. The number of benzene rings is 1. The Labute approximate surface area is 203 Å². The third-order valence-electron chi connectivity index (χ3n) is 7.83. The normalized spacial score (nSPS) is 17.9. The lowest BCUT2D eigenvalue weighted by Gasteiger charge is -2.39. The SMILES string of the molecule is CCN(CC)CCCNC(=S)N1CCC2(CCN(C(=O)c3cc4ccccc4n3C)CC2)C1. The molecule has 3 heterocycles. The molecule has 0 saturated carbocycles. The van der Waals surface area contributed by atoms with Gasteiger partial charge in [-0.1, -0.05) is 32.0 Å². The number of fused-ring (bicyclic) bond motifs is 1. The van der Waals surface area contributed by atoms with E-state index < -0.39 is 0 Å². The smallest absolute Gasteiger partial charge is 0.270 e. The summed E-state index contributed by atoms with van der Waals surface area (Å²) in [6, 6.07) is 10.2. The fourth-order valence-corrected chi connectivity index (χ4v) is 5.76. The van der Waals surface area contributed by atoms with Gasteiger partial charge >= 0.3 is 0 Å². The highest BCUT2D eigenvalue weighted by atomic mass is 32.1. The van der Waals surface area contributed by atoms with E-state index in [1.54, 1.807) is 0 Å². The number of carbonyl (C=O) groups is 1. The molecule has 1 spiro atoms. The van der Waals surface area contributed by atoms with Gasteiger partial charge in [0.15, 0.2) is 5.11 Å². The lowest BCUT2D eigenvalue weighted by molar-refractivity contribution is 0.0590. The van der Waals surface area contributed by atoms with E-state index >= 15 is 0 Å². The summed E-state index contributed by atoms with van der Waals surface area (Å²) in [6.45, 7) is 12.4. The van der Waals surface area contributed by atoms with Crippen LogP contribution in [-0.4, -0.2) is 82.6 Å². The minimum absolute atomic E-state index is 0.156. The summed E-state index contributed by atoms with van der Waals surface area (Å²) in [5, 5.41) is 5.51. The first-order chi connectivity index (χ1) is 16.0. The number of carbonyl (C=O) groups excluding carboxylic acids is 1. The van der Waals surface area contributed by atoms with Crippen LogP contribution in [0.1, 0.15) is 50.0 Å². The number of para-hydroxylation sites is 1.